The van der Waals surface area contributed by atoms with Gasteiger partial charge < -0.3 is 9.26 Å². The Morgan fingerprint density at radius 2 is 2.07 bits per heavy atom. The molecule has 154 valence electrons. The van der Waals surface area contributed by atoms with Crippen LogP contribution in [0.4, 0.5) is 0 Å². The van der Waals surface area contributed by atoms with E-state index >= 15 is 0 Å². The fourth-order valence-electron chi connectivity index (χ4n) is 3.03. The summed E-state index contributed by atoms with van der Waals surface area (Å²) in [6.07, 6.45) is 4.26. The SMILES string of the molecule is CSC(=S)/C=C(\C)c1ccc(OCP2(=O)OCCC(c3cccc(C)c3)O2)cc1. The molecule has 2 unspecified atom stereocenters. The van der Waals surface area contributed by atoms with Gasteiger partial charge in [0.15, 0.2) is 6.35 Å². The van der Waals surface area contributed by atoms with Crippen LogP contribution in [0.3, 0.4) is 0 Å². The van der Waals surface area contributed by atoms with Crippen LogP contribution in [0.15, 0.2) is 54.6 Å². The van der Waals surface area contributed by atoms with Gasteiger partial charge >= 0.3 is 7.60 Å². The van der Waals surface area contributed by atoms with Crippen LogP contribution in [0, 0.1) is 6.92 Å². The number of thioether (sulfide) groups is 1. The number of aryl methyl sites for hydroxylation is 1. The van der Waals surface area contributed by atoms with Crippen molar-refractivity contribution >= 4 is 41.3 Å². The minimum atomic E-state index is -3.32. The highest BCUT2D eigenvalue weighted by atomic mass is 32.2. The van der Waals surface area contributed by atoms with E-state index in [1.807, 2.05) is 68.6 Å². The zero-order chi connectivity index (χ0) is 20.9. The second-order valence-corrected chi connectivity index (χ2v) is 10.4. The van der Waals surface area contributed by atoms with Crippen molar-refractivity contribution in [2.75, 3.05) is 19.2 Å². The van der Waals surface area contributed by atoms with Gasteiger partial charge in [-0.05, 0) is 55.0 Å². The average Bonchev–Trinajstić information content (AvgIpc) is 2.72. The van der Waals surface area contributed by atoms with E-state index in [1.54, 1.807) is 11.8 Å². The maximum absolute atomic E-state index is 13.0. The molecule has 0 spiro atoms. The summed E-state index contributed by atoms with van der Waals surface area (Å²) in [7, 11) is -3.32. The highest BCUT2D eigenvalue weighted by Gasteiger charge is 2.35. The van der Waals surface area contributed by atoms with Gasteiger partial charge in [-0.1, -0.05) is 54.2 Å². The molecule has 7 heteroatoms. The van der Waals surface area contributed by atoms with Gasteiger partial charge in [0.25, 0.3) is 0 Å². The van der Waals surface area contributed by atoms with Crippen LogP contribution in [0.25, 0.3) is 5.57 Å². The summed E-state index contributed by atoms with van der Waals surface area (Å²) >= 11 is 6.78. The molecule has 2 atom stereocenters. The molecule has 1 aliphatic heterocycles. The third-order valence-electron chi connectivity index (χ3n) is 4.60. The van der Waals surface area contributed by atoms with Gasteiger partial charge in [0.2, 0.25) is 0 Å². The lowest BCUT2D eigenvalue weighted by Crippen LogP contribution is -2.17. The molecule has 0 aliphatic carbocycles. The van der Waals surface area contributed by atoms with Crippen LogP contribution in [-0.2, 0) is 13.6 Å². The topological polar surface area (TPSA) is 44.8 Å². The quantitative estimate of drug-likeness (QED) is 0.275. The zero-order valence-corrected chi connectivity index (χ0v) is 19.3. The molecule has 1 fully saturated rings. The van der Waals surface area contributed by atoms with E-state index in [4.69, 9.17) is 26.0 Å². The summed E-state index contributed by atoms with van der Waals surface area (Å²) in [4.78, 5) is 0. The van der Waals surface area contributed by atoms with E-state index in [2.05, 4.69) is 6.07 Å². The second kappa shape index (κ2) is 10.1. The Kier molecular flexibility index (Phi) is 7.72. The Morgan fingerprint density at radius 3 is 2.76 bits per heavy atom. The lowest BCUT2D eigenvalue weighted by molar-refractivity contribution is 0.0725. The van der Waals surface area contributed by atoms with Gasteiger partial charge in [-0.3, -0.25) is 9.09 Å². The fourth-order valence-corrected chi connectivity index (χ4v) is 5.00. The first-order chi connectivity index (χ1) is 13.9. The molecule has 0 bridgehead atoms. The van der Waals surface area contributed by atoms with Gasteiger partial charge in [0.1, 0.15) is 5.75 Å². The molecule has 1 saturated heterocycles. The maximum Gasteiger partial charge on any atom is 0.368 e. The monoisotopic (exact) mass is 448 g/mol. The Morgan fingerprint density at radius 1 is 1.31 bits per heavy atom. The molecule has 4 nitrogen and oxygen atoms in total. The Hall–Kier alpha value is -1.43. The molecule has 1 aliphatic rings. The summed E-state index contributed by atoms with van der Waals surface area (Å²) in [5, 5.41) is 0. The van der Waals surface area contributed by atoms with Crippen molar-refractivity contribution in [3.05, 3.63) is 71.3 Å². The average molecular weight is 449 g/mol. The number of thiocarbonyl (C=S) groups is 1. The van der Waals surface area contributed by atoms with Crippen molar-refractivity contribution in [1.82, 2.24) is 0 Å². The third-order valence-corrected chi connectivity index (χ3v) is 7.34. The number of rotatable bonds is 6. The van der Waals surface area contributed by atoms with Crippen LogP contribution < -0.4 is 4.74 Å². The molecule has 29 heavy (non-hydrogen) atoms. The van der Waals surface area contributed by atoms with E-state index in [0.29, 0.717) is 18.8 Å². The van der Waals surface area contributed by atoms with Crippen molar-refractivity contribution < 1.29 is 18.3 Å². The summed E-state index contributed by atoms with van der Waals surface area (Å²) in [5.41, 5.74) is 4.31. The van der Waals surface area contributed by atoms with Crippen molar-refractivity contribution in [2.45, 2.75) is 26.4 Å². The van der Waals surface area contributed by atoms with Crippen LogP contribution in [0.1, 0.15) is 36.1 Å². The number of benzene rings is 2. The molecule has 1 heterocycles. The largest absolute Gasteiger partial charge is 0.481 e. The summed E-state index contributed by atoms with van der Waals surface area (Å²) in [5.74, 6) is 0.620. The van der Waals surface area contributed by atoms with E-state index in [1.165, 1.54) is 0 Å². The molecule has 0 N–H and O–H groups in total. The van der Waals surface area contributed by atoms with Crippen molar-refractivity contribution in [2.24, 2.45) is 0 Å². The molecular formula is C22H25O4PS2. The van der Waals surface area contributed by atoms with Crippen molar-refractivity contribution in [3.8, 4) is 5.75 Å². The number of ether oxygens (including phenoxy) is 1. The van der Waals surface area contributed by atoms with Crippen LogP contribution in [0.2, 0.25) is 0 Å². The van der Waals surface area contributed by atoms with E-state index in [9.17, 15) is 4.57 Å². The predicted octanol–water partition coefficient (Wildman–Crippen LogP) is 6.80. The number of allylic oxidation sites excluding steroid dienone is 1. The molecule has 2 aromatic rings. The van der Waals surface area contributed by atoms with Gasteiger partial charge in [-0.2, -0.15) is 0 Å². The fraction of sp³-hybridized carbons (Fsp3) is 0.318. The molecular weight excluding hydrogens is 423 g/mol. The lowest BCUT2D eigenvalue weighted by atomic mass is 10.0. The summed E-state index contributed by atoms with van der Waals surface area (Å²) in [6.45, 7) is 4.43. The van der Waals surface area contributed by atoms with Gasteiger partial charge in [0.05, 0.1) is 16.9 Å². The maximum atomic E-state index is 13.0. The first-order valence-corrected chi connectivity index (χ1v) is 12.7. The van der Waals surface area contributed by atoms with Crippen LogP contribution in [-0.4, -0.2) is 23.4 Å². The Labute approximate surface area is 182 Å². The predicted molar refractivity (Wildman–Crippen MR) is 125 cm³/mol. The van der Waals surface area contributed by atoms with Crippen LogP contribution in [0.5, 0.6) is 5.75 Å². The second-order valence-electron chi connectivity index (χ2n) is 6.89. The van der Waals surface area contributed by atoms with Gasteiger partial charge in [0, 0.05) is 6.42 Å². The number of hydrogen-bond donors (Lipinski definition) is 0. The van der Waals surface area contributed by atoms with Gasteiger partial charge in [-0.25, -0.2) is 0 Å². The standard InChI is InChI=1S/C22H25O4PS2/c1-16-5-4-6-19(13-16)21-11-12-25-27(23,26-21)15-24-20-9-7-18(8-10-20)17(2)14-22(28)29-3/h4-10,13-14,21H,11-12,15H2,1-3H3/b17-14+. The van der Waals surface area contributed by atoms with Crippen molar-refractivity contribution in [1.29, 1.82) is 0 Å². The highest BCUT2D eigenvalue weighted by Crippen LogP contribution is 2.55. The van der Waals surface area contributed by atoms with Gasteiger partial charge in [-0.15, -0.1) is 11.8 Å². The summed E-state index contributed by atoms with van der Waals surface area (Å²) < 4.78 is 30.9. The molecule has 0 aromatic heterocycles. The molecule has 0 amide bonds. The van der Waals surface area contributed by atoms with E-state index < -0.39 is 7.60 Å². The lowest BCUT2D eigenvalue weighted by Gasteiger charge is -2.30. The van der Waals surface area contributed by atoms with Crippen LogP contribution >= 0.6 is 31.6 Å². The van der Waals surface area contributed by atoms with E-state index in [-0.39, 0.29) is 12.5 Å². The Balaban J connectivity index is 1.62. The zero-order valence-electron chi connectivity index (χ0n) is 16.8. The minimum absolute atomic E-state index is 0.111. The Bertz CT molecular complexity index is 940. The highest BCUT2D eigenvalue weighted by molar-refractivity contribution is 8.23. The first kappa shape index (κ1) is 22.3. The molecule has 0 radical (unpaired) electrons. The van der Waals surface area contributed by atoms with Crippen molar-refractivity contribution in [3.63, 3.8) is 0 Å². The normalized spacial score (nSPS) is 22.3. The number of hydrogen-bond acceptors (Lipinski definition) is 6. The first-order valence-electron chi connectivity index (χ1n) is 9.36. The smallest absolute Gasteiger partial charge is 0.368 e. The minimum Gasteiger partial charge on any atom is -0.481 e. The molecule has 3 rings (SSSR count). The molecule has 0 saturated carbocycles. The van der Waals surface area contributed by atoms with E-state index in [0.717, 1.165) is 26.5 Å². The summed E-state index contributed by atoms with van der Waals surface area (Å²) in [6, 6.07) is 15.7. The third kappa shape index (κ3) is 6.27. The molecule has 2 aromatic carbocycles.